The number of nitrogens with zero attached hydrogens (tertiary/aromatic N) is 1. The van der Waals surface area contributed by atoms with Crippen LogP contribution in [0.5, 0.6) is 17.2 Å². The standard InChI is InChI=1S/C18H14ClF3N2O7/c1-29-15-6-10(17(26)30-8-16(25)23-9-18(20,21)22)2-4-14(15)31-13-5-3-11(19)7-12(13)24(27)28/h2-7H,8-9H2,1H3,(H,23,25). The van der Waals surface area contributed by atoms with Crippen molar-refractivity contribution in [1.29, 1.82) is 0 Å². The van der Waals surface area contributed by atoms with Crippen molar-refractivity contribution in [2.24, 2.45) is 0 Å². The first-order valence-corrected chi connectivity index (χ1v) is 8.68. The van der Waals surface area contributed by atoms with E-state index in [2.05, 4.69) is 4.74 Å². The molecule has 0 unspecified atom stereocenters. The minimum absolute atomic E-state index is 0.000205. The molecule has 0 aliphatic rings. The monoisotopic (exact) mass is 462 g/mol. The van der Waals surface area contributed by atoms with E-state index in [1.165, 1.54) is 37.4 Å². The average Bonchev–Trinajstić information content (AvgIpc) is 2.71. The predicted molar refractivity (Wildman–Crippen MR) is 101 cm³/mol. The number of carbonyl (C=O) groups excluding carboxylic acids is 2. The molecule has 0 saturated carbocycles. The van der Waals surface area contributed by atoms with Gasteiger partial charge in [-0.1, -0.05) is 11.6 Å². The van der Waals surface area contributed by atoms with Crippen LogP contribution in [0.25, 0.3) is 0 Å². The van der Waals surface area contributed by atoms with Gasteiger partial charge in [0.25, 0.3) is 5.91 Å². The Labute approximate surface area is 177 Å². The highest BCUT2D eigenvalue weighted by Crippen LogP contribution is 2.38. The summed E-state index contributed by atoms with van der Waals surface area (Å²) in [6.07, 6.45) is -4.60. The van der Waals surface area contributed by atoms with E-state index >= 15 is 0 Å². The molecule has 0 bridgehead atoms. The van der Waals surface area contributed by atoms with Crippen LogP contribution < -0.4 is 14.8 Å². The molecule has 2 aromatic rings. The first-order chi connectivity index (χ1) is 14.5. The Kier molecular flexibility index (Phi) is 7.64. The van der Waals surface area contributed by atoms with Crippen molar-refractivity contribution in [3.63, 3.8) is 0 Å². The molecule has 0 radical (unpaired) electrons. The molecule has 0 aromatic heterocycles. The highest BCUT2D eigenvalue weighted by Gasteiger charge is 2.28. The molecule has 1 amide bonds. The summed E-state index contributed by atoms with van der Waals surface area (Å²) < 4.78 is 51.4. The maximum absolute atomic E-state index is 12.1. The van der Waals surface area contributed by atoms with Gasteiger partial charge in [0.05, 0.1) is 17.6 Å². The van der Waals surface area contributed by atoms with Gasteiger partial charge in [0.1, 0.15) is 6.54 Å². The molecule has 166 valence electrons. The van der Waals surface area contributed by atoms with Crippen LogP contribution in [0.15, 0.2) is 36.4 Å². The fraction of sp³-hybridized carbons (Fsp3) is 0.222. The van der Waals surface area contributed by atoms with Crippen molar-refractivity contribution in [2.45, 2.75) is 6.18 Å². The van der Waals surface area contributed by atoms with Crippen LogP contribution in [0.2, 0.25) is 5.02 Å². The van der Waals surface area contributed by atoms with Gasteiger partial charge in [-0.3, -0.25) is 14.9 Å². The lowest BCUT2D eigenvalue weighted by Crippen LogP contribution is -2.36. The molecule has 1 N–H and O–H groups in total. The number of hydrogen-bond acceptors (Lipinski definition) is 7. The summed E-state index contributed by atoms with van der Waals surface area (Å²) in [5.41, 5.74) is -0.499. The minimum atomic E-state index is -4.60. The zero-order valence-corrected chi connectivity index (χ0v) is 16.5. The van der Waals surface area contributed by atoms with Crippen LogP contribution >= 0.6 is 11.6 Å². The molecule has 0 fully saturated rings. The van der Waals surface area contributed by atoms with Crippen LogP contribution in [-0.2, 0) is 9.53 Å². The lowest BCUT2D eigenvalue weighted by molar-refractivity contribution is -0.385. The van der Waals surface area contributed by atoms with Crippen molar-refractivity contribution < 1.29 is 41.9 Å². The van der Waals surface area contributed by atoms with Crippen molar-refractivity contribution in [2.75, 3.05) is 20.3 Å². The second-order valence-electron chi connectivity index (χ2n) is 5.80. The van der Waals surface area contributed by atoms with E-state index < -0.39 is 41.8 Å². The zero-order valence-electron chi connectivity index (χ0n) is 15.7. The van der Waals surface area contributed by atoms with Crippen molar-refractivity contribution in [3.8, 4) is 17.2 Å². The number of esters is 1. The van der Waals surface area contributed by atoms with Gasteiger partial charge in [-0.05, 0) is 30.3 Å². The van der Waals surface area contributed by atoms with Crippen molar-refractivity contribution in [1.82, 2.24) is 5.32 Å². The highest BCUT2D eigenvalue weighted by atomic mass is 35.5. The summed E-state index contributed by atoms with van der Waals surface area (Å²) in [6, 6.07) is 7.41. The Hall–Kier alpha value is -3.54. The van der Waals surface area contributed by atoms with E-state index in [1.54, 1.807) is 5.32 Å². The second-order valence-corrected chi connectivity index (χ2v) is 6.24. The highest BCUT2D eigenvalue weighted by molar-refractivity contribution is 6.30. The van der Waals surface area contributed by atoms with Crippen LogP contribution in [0.1, 0.15) is 10.4 Å². The van der Waals surface area contributed by atoms with Crippen LogP contribution in [0.4, 0.5) is 18.9 Å². The minimum Gasteiger partial charge on any atom is -0.493 e. The van der Waals surface area contributed by atoms with Crippen molar-refractivity contribution in [3.05, 3.63) is 57.1 Å². The van der Waals surface area contributed by atoms with Crippen molar-refractivity contribution >= 4 is 29.2 Å². The topological polar surface area (TPSA) is 117 Å². The first kappa shape index (κ1) is 23.7. The quantitative estimate of drug-likeness (QED) is 0.359. The van der Waals surface area contributed by atoms with Crippen LogP contribution in [0.3, 0.4) is 0 Å². The summed E-state index contributed by atoms with van der Waals surface area (Å²) in [4.78, 5) is 33.8. The molecule has 2 rings (SSSR count). The Bertz CT molecular complexity index is 999. The Balaban J connectivity index is 2.10. The summed E-state index contributed by atoms with van der Waals surface area (Å²) in [6.45, 7) is -2.48. The van der Waals surface area contributed by atoms with Gasteiger partial charge in [-0.25, -0.2) is 4.79 Å². The number of nitrogens with one attached hydrogen (secondary N) is 1. The molecule has 0 heterocycles. The number of nitro groups is 1. The molecule has 0 aliphatic heterocycles. The summed E-state index contributed by atoms with van der Waals surface area (Å²) in [5, 5.41) is 12.9. The number of halogens is 4. The number of carbonyl (C=O) groups is 2. The molecular formula is C18H14ClF3N2O7. The number of methoxy groups -OCH3 is 1. The molecule has 0 atom stereocenters. The van der Waals surface area contributed by atoms with E-state index in [1.807, 2.05) is 0 Å². The normalized spacial score (nSPS) is 10.9. The molecule has 0 saturated heterocycles. The fourth-order valence-corrected chi connectivity index (χ4v) is 2.35. The summed E-state index contributed by atoms with van der Waals surface area (Å²) in [7, 11) is 1.25. The predicted octanol–water partition coefficient (Wildman–Crippen LogP) is 3.88. The molecular weight excluding hydrogens is 449 g/mol. The smallest absolute Gasteiger partial charge is 0.405 e. The second kappa shape index (κ2) is 9.98. The van der Waals surface area contributed by atoms with E-state index in [4.69, 9.17) is 21.1 Å². The Morgan fingerprint density at radius 2 is 1.81 bits per heavy atom. The molecule has 2 aromatic carbocycles. The molecule has 0 spiro atoms. The third kappa shape index (κ3) is 7.03. The van der Waals surface area contributed by atoms with Crippen LogP contribution in [-0.4, -0.2) is 43.2 Å². The van der Waals surface area contributed by atoms with E-state index in [0.29, 0.717) is 0 Å². The van der Waals surface area contributed by atoms with Gasteiger partial charge in [0.15, 0.2) is 18.1 Å². The van der Waals surface area contributed by atoms with Gasteiger partial charge in [-0.2, -0.15) is 13.2 Å². The average molecular weight is 463 g/mol. The number of benzene rings is 2. The third-order valence-electron chi connectivity index (χ3n) is 3.56. The van der Waals surface area contributed by atoms with Gasteiger partial charge in [-0.15, -0.1) is 0 Å². The number of ether oxygens (including phenoxy) is 3. The number of amides is 1. The first-order valence-electron chi connectivity index (χ1n) is 8.30. The van der Waals surface area contributed by atoms with Crippen LogP contribution in [0, 0.1) is 10.1 Å². The summed E-state index contributed by atoms with van der Waals surface area (Å²) >= 11 is 5.75. The largest absolute Gasteiger partial charge is 0.493 e. The molecule has 0 aliphatic carbocycles. The maximum atomic E-state index is 12.1. The van der Waals surface area contributed by atoms with E-state index in [-0.39, 0.29) is 27.8 Å². The Morgan fingerprint density at radius 3 is 2.42 bits per heavy atom. The molecule has 31 heavy (non-hydrogen) atoms. The number of hydrogen-bond donors (Lipinski definition) is 1. The third-order valence-corrected chi connectivity index (χ3v) is 3.79. The Morgan fingerprint density at radius 1 is 1.13 bits per heavy atom. The van der Waals surface area contributed by atoms with Gasteiger partial charge < -0.3 is 19.5 Å². The lowest BCUT2D eigenvalue weighted by Gasteiger charge is -2.12. The molecule has 13 heteroatoms. The SMILES string of the molecule is COc1cc(C(=O)OCC(=O)NCC(F)(F)F)ccc1Oc1ccc(Cl)cc1[N+](=O)[O-]. The van der Waals surface area contributed by atoms with Gasteiger partial charge >= 0.3 is 17.8 Å². The number of alkyl halides is 3. The van der Waals surface area contributed by atoms with Gasteiger partial charge in [0, 0.05) is 11.1 Å². The number of rotatable bonds is 8. The maximum Gasteiger partial charge on any atom is 0.405 e. The van der Waals surface area contributed by atoms with E-state index in [0.717, 1.165) is 6.07 Å². The lowest BCUT2D eigenvalue weighted by atomic mass is 10.2. The number of nitro benzene ring substituents is 1. The molecule has 9 nitrogen and oxygen atoms in total. The summed E-state index contributed by atoms with van der Waals surface area (Å²) in [5.74, 6) is -2.26. The van der Waals surface area contributed by atoms with E-state index in [9.17, 15) is 32.9 Å². The van der Waals surface area contributed by atoms with Gasteiger partial charge in [0.2, 0.25) is 5.75 Å². The fourth-order valence-electron chi connectivity index (χ4n) is 2.18. The zero-order chi connectivity index (χ0) is 23.2.